The molecule has 0 amide bonds. The highest BCUT2D eigenvalue weighted by atomic mass is 79.9. The minimum atomic E-state index is -0.322. The molecule has 0 bridgehead atoms. The number of ether oxygens (including phenoxy) is 1. The van der Waals surface area contributed by atoms with Crippen LogP contribution in [0, 0.1) is 0 Å². The van der Waals surface area contributed by atoms with Crippen LogP contribution in [0.1, 0.15) is 24.5 Å². The van der Waals surface area contributed by atoms with Gasteiger partial charge in [-0.15, -0.1) is 11.6 Å². The normalized spacial score (nSPS) is 12.2. The molecule has 1 heterocycles. The quantitative estimate of drug-likeness (QED) is 0.620. The number of esters is 1. The minimum Gasteiger partial charge on any atom is -0.469 e. The van der Waals surface area contributed by atoms with Crippen molar-refractivity contribution in [2.75, 3.05) is 13.0 Å². The van der Waals surface area contributed by atoms with Crippen molar-refractivity contribution >= 4 is 33.5 Å². The topological polar surface area (TPSA) is 39.2 Å². The third kappa shape index (κ3) is 3.76. The Morgan fingerprint density at radius 3 is 2.88 bits per heavy atom. The van der Waals surface area contributed by atoms with Gasteiger partial charge >= 0.3 is 5.97 Å². The number of aromatic nitrogens is 1. The van der Waals surface area contributed by atoms with Gasteiger partial charge in [-0.2, -0.15) is 0 Å². The number of carbonyl (C=O) groups is 1. The highest BCUT2D eigenvalue weighted by Crippen LogP contribution is 2.22. The lowest BCUT2D eigenvalue weighted by atomic mass is 9.99. The molecule has 16 heavy (non-hydrogen) atoms. The van der Waals surface area contributed by atoms with Crippen molar-refractivity contribution in [1.82, 2.24) is 4.98 Å². The lowest BCUT2D eigenvalue weighted by molar-refractivity contribution is -0.142. The summed E-state index contributed by atoms with van der Waals surface area (Å²) in [7, 11) is 1.38. The van der Waals surface area contributed by atoms with Crippen LogP contribution in [-0.4, -0.2) is 23.9 Å². The van der Waals surface area contributed by atoms with Crippen LogP contribution in [0.5, 0.6) is 0 Å². The summed E-state index contributed by atoms with van der Waals surface area (Å²) < 4.78 is 5.65. The summed E-state index contributed by atoms with van der Waals surface area (Å²) in [5.41, 5.74) is 0.722. The summed E-state index contributed by atoms with van der Waals surface area (Å²) >= 11 is 8.93. The summed E-state index contributed by atoms with van der Waals surface area (Å²) in [5, 5.41) is 0. The number of hydrogen-bond acceptors (Lipinski definition) is 3. The van der Waals surface area contributed by atoms with Crippen molar-refractivity contribution in [3.8, 4) is 0 Å². The molecular formula is C11H13BrClNO2. The van der Waals surface area contributed by atoms with E-state index >= 15 is 0 Å². The van der Waals surface area contributed by atoms with Gasteiger partial charge in [0.15, 0.2) is 0 Å². The van der Waals surface area contributed by atoms with Crippen LogP contribution < -0.4 is 0 Å². The second-order valence-electron chi connectivity index (χ2n) is 3.31. The van der Waals surface area contributed by atoms with Crippen LogP contribution in [0.4, 0.5) is 0 Å². The molecule has 0 saturated heterocycles. The van der Waals surface area contributed by atoms with E-state index < -0.39 is 0 Å². The van der Waals surface area contributed by atoms with Gasteiger partial charge < -0.3 is 4.74 Å². The second kappa shape index (κ2) is 6.86. The summed E-state index contributed by atoms with van der Waals surface area (Å²) in [6, 6.07) is 3.68. The number of pyridine rings is 1. The van der Waals surface area contributed by atoms with E-state index in [1.54, 1.807) is 6.20 Å². The van der Waals surface area contributed by atoms with E-state index in [1.165, 1.54) is 7.11 Å². The third-order valence-electron chi connectivity index (χ3n) is 2.22. The number of nitrogens with zero attached hydrogens (tertiary/aromatic N) is 1. The Morgan fingerprint density at radius 1 is 1.62 bits per heavy atom. The predicted octanol–water partition coefficient (Wildman–Crippen LogP) is 3.12. The number of hydrogen-bond donors (Lipinski definition) is 0. The van der Waals surface area contributed by atoms with Gasteiger partial charge in [-0.05, 0) is 40.9 Å². The maximum absolute atomic E-state index is 11.6. The molecule has 0 fully saturated rings. The molecule has 1 aromatic rings. The SMILES string of the molecule is COC(=O)C(CCCCl)c1ccc(Br)cn1. The van der Waals surface area contributed by atoms with E-state index in [1.807, 2.05) is 12.1 Å². The molecule has 1 rings (SSSR count). The first-order valence-electron chi connectivity index (χ1n) is 4.94. The van der Waals surface area contributed by atoms with E-state index in [9.17, 15) is 4.79 Å². The molecule has 0 saturated carbocycles. The van der Waals surface area contributed by atoms with Gasteiger partial charge in [-0.1, -0.05) is 0 Å². The van der Waals surface area contributed by atoms with Gasteiger partial charge in [0.05, 0.1) is 18.7 Å². The van der Waals surface area contributed by atoms with Crippen molar-refractivity contribution in [3.05, 3.63) is 28.5 Å². The first kappa shape index (κ1) is 13.5. The predicted molar refractivity (Wildman–Crippen MR) is 66.6 cm³/mol. The van der Waals surface area contributed by atoms with Gasteiger partial charge in [-0.25, -0.2) is 0 Å². The summed E-state index contributed by atoms with van der Waals surface area (Å²) in [4.78, 5) is 15.8. The maximum Gasteiger partial charge on any atom is 0.314 e. The molecular weight excluding hydrogens is 293 g/mol. The number of halogens is 2. The highest BCUT2D eigenvalue weighted by Gasteiger charge is 2.21. The van der Waals surface area contributed by atoms with Crippen LogP contribution in [0.3, 0.4) is 0 Å². The Labute approximate surface area is 108 Å². The Balaban J connectivity index is 2.82. The number of alkyl halides is 1. The fraction of sp³-hybridized carbons (Fsp3) is 0.455. The standard InChI is InChI=1S/C11H13BrClNO2/c1-16-11(15)9(3-2-6-13)10-5-4-8(12)7-14-10/h4-5,7,9H,2-3,6H2,1H3. The molecule has 0 aliphatic carbocycles. The Kier molecular flexibility index (Phi) is 5.77. The van der Waals surface area contributed by atoms with Gasteiger partial charge in [-0.3, -0.25) is 9.78 Å². The van der Waals surface area contributed by atoms with Crippen LogP contribution in [0.25, 0.3) is 0 Å². The largest absolute Gasteiger partial charge is 0.469 e. The zero-order valence-electron chi connectivity index (χ0n) is 8.95. The molecule has 1 unspecified atom stereocenters. The Bertz CT molecular complexity index is 342. The van der Waals surface area contributed by atoms with E-state index in [0.29, 0.717) is 12.3 Å². The van der Waals surface area contributed by atoms with Gasteiger partial charge in [0.1, 0.15) is 0 Å². The lowest BCUT2D eigenvalue weighted by Crippen LogP contribution is -2.15. The molecule has 1 atom stereocenters. The lowest BCUT2D eigenvalue weighted by Gasteiger charge is -2.13. The van der Waals surface area contributed by atoms with E-state index in [2.05, 4.69) is 20.9 Å². The van der Waals surface area contributed by atoms with E-state index in [0.717, 1.165) is 16.6 Å². The molecule has 0 aliphatic heterocycles. The Morgan fingerprint density at radius 2 is 2.38 bits per heavy atom. The van der Waals surface area contributed by atoms with Crippen LogP contribution >= 0.6 is 27.5 Å². The molecule has 3 nitrogen and oxygen atoms in total. The van der Waals surface area contributed by atoms with Crippen LogP contribution in [0.15, 0.2) is 22.8 Å². The van der Waals surface area contributed by atoms with Crippen molar-refractivity contribution in [2.24, 2.45) is 0 Å². The third-order valence-corrected chi connectivity index (χ3v) is 2.96. The molecule has 0 spiro atoms. The first-order valence-corrected chi connectivity index (χ1v) is 6.27. The van der Waals surface area contributed by atoms with Crippen LogP contribution in [0.2, 0.25) is 0 Å². The van der Waals surface area contributed by atoms with Crippen molar-refractivity contribution in [2.45, 2.75) is 18.8 Å². The average Bonchev–Trinajstić information content (AvgIpc) is 2.31. The van der Waals surface area contributed by atoms with E-state index in [-0.39, 0.29) is 11.9 Å². The number of rotatable bonds is 5. The summed E-state index contributed by atoms with van der Waals surface area (Å²) in [6.45, 7) is 0. The first-order chi connectivity index (χ1) is 7.69. The van der Waals surface area contributed by atoms with Gasteiger partial charge in [0.25, 0.3) is 0 Å². The Hall–Kier alpha value is -0.610. The molecule has 0 N–H and O–H groups in total. The second-order valence-corrected chi connectivity index (χ2v) is 4.60. The van der Waals surface area contributed by atoms with Gasteiger partial charge in [0.2, 0.25) is 0 Å². The zero-order chi connectivity index (χ0) is 12.0. The molecule has 0 aromatic carbocycles. The minimum absolute atomic E-state index is 0.264. The van der Waals surface area contributed by atoms with E-state index in [4.69, 9.17) is 16.3 Å². The maximum atomic E-state index is 11.6. The summed E-state index contributed by atoms with van der Waals surface area (Å²) in [6.07, 6.45) is 3.09. The number of carbonyl (C=O) groups excluding carboxylic acids is 1. The molecule has 1 aromatic heterocycles. The average molecular weight is 307 g/mol. The molecule has 0 radical (unpaired) electrons. The van der Waals surface area contributed by atoms with Crippen molar-refractivity contribution < 1.29 is 9.53 Å². The van der Waals surface area contributed by atoms with Crippen LogP contribution in [-0.2, 0) is 9.53 Å². The zero-order valence-corrected chi connectivity index (χ0v) is 11.3. The monoisotopic (exact) mass is 305 g/mol. The smallest absolute Gasteiger partial charge is 0.314 e. The van der Waals surface area contributed by atoms with Crippen molar-refractivity contribution in [3.63, 3.8) is 0 Å². The molecule has 88 valence electrons. The summed E-state index contributed by atoms with van der Waals surface area (Å²) in [5.74, 6) is -0.0545. The fourth-order valence-electron chi connectivity index (χ4n) is 1.40. The highest BCUT2D eigenvalue weighted by molar-refractivity contribution is 9.10. The number of methoxy groups -OCH3 is 1. The molecule has 5 heteroatoms. The molecule has 0 aliphatic rings. The van der Waals surface area contributed by atoms with Gasteiger partial charge in [0, 0.05) is 16.5 Å². The fourth-order valence-corrected chi connectivity index (χ4v) is 1.79. The van der Waals surface area contributed by atoms with Crippen molar-refractivity contribution in [1.29, 1.82) is 0 Å².